The van der Waals surface area contributed by atoms with Crippen LogP contribution < -0.4 is 4.74 Å². The van der Waals surface area contributed by atoms with Gasteiger partial charge in [-0.3, -0.25) is 4.79 Å². The summed E-state index contributed by atoms with van der Waals surface area (Å²) in [4.78, 5) is 27.8. The zero-order valence-electron chi connectivity index (χ0n) is 20.5. The van der Waals surface area contributed by atoms with Crippen molar-refractivity contribution in [2.24, 2.45) is 5.92 Å². The second-order valence-electron chi connectivity index (χ2n) is 10.3. The molecule has 2 aromatic carbocycles. The molecule has 0 radical (unpaired) electrons. The number of benzene rings is 2. The number of hydrogen-bond acceptors (Lipinski definition) is 5. The molecule has 1 amide bonds. The number of carbonyl (C=O) groups is 2. The van der Waals surface area contributed by atoms with E-state index in [1.165, 1.54) is 0 Å². The molecule has 2 aliphatic heterocycles. The maximum atomic E-state index is 13.4. The van der Waals surface area contributed by atoms with Crippen LogP contribution in [0.4, 0.5) is 0 Å². The highest BCUT2D eigenvalue weighted by molar-refractivity contribution is 7.91. The molecule has 2 saturated heterocycles. The number of sulfone groups is 1. The van der Waals surface area contributed by atoms with Gasteiger partial charge in [0.15, 0.2) is 0 Å². The fourth-order valence-electron chi connectivity index (χ4n) is 6.33. The van der Waals surface area contributed by atoms with Gasteiger partial charge in [0.1, 0.15) is 28.5 Å². The minimum atomic E-state index is -3.03. The lowest BCUT2D eigenvalue weighted by Crippen LogP contribution is -2.51. The van der Waals surface area contributed by atoms with E-state index in [4.69, 9.17) is 16.3 Å². The molecule has 2 fully saturated rings. The van der Waals surface area contributed by atoms with Gasteiger partial charge in [-0.2, -0.15) is 0 Å². The van der Waals surface area contributed by atoms with Crippen LogP contribution in [0.1, 0.15) is 54.9 Å². The largest absolute Gasteiger partial charge is 0.489 e. The topological polar surface area (TPSA) is 80.8 Å². The van der Waals surface area contributed by atoms with Crippen molar-refractivity contribution in [2.75, 3.05) is 18.1 Å². The lowest BCUT2D eigenvalue weighted by molar-refractivity contribution is -0.137. The van der Waals surface area contributed by atoms with E-state index < -0.39 is 15.3 Å². The Balaban J connectivity index is 1.34. The smallest absolute Gasteiger partial charge is 0.226 e. The first kappa shape index (κ1) is 25.3. The van der Waals surface area contributed by atoms with E-state index in [0.717, 1.165) is 47.1 Å². The third-order valence-electron chi connectivity index (χ3n) is 8.38. The number of nitrogens with zero attached hydrogens (tertiary/aromatic N) is 1. The molecule has 2 heterocycles. The molecule has 8 heteroatoms. The summed E-state index contributed by atoms with van der Waals surface area (Å²) in [7, 11) is -3.03. The molecule has 0 unspecified atom stereocenters. The van der Waals surface area contributed by atoms with Gasteiger partial charge < -0.3 is 14.4 Å². The highest BCUT2D eigenvalue weighted by Crippen LogP contribution is 2.47. The Bertz CT molecular complexity index is 1280. The number of aldehydes is 1. The van der Waals surface area contributed by atoms with E-state index in [1.54, 1.807) is 0 Å². The van der Waals surface area contributed by atoms with Crippen LogP contribution in [0.5, 0.6) is 5.75 Å². The van der Waals surface area contributed by atoms with Gasteiger partial charge in [0.2, 0.25) is 5.91 Å². The predicted octanol–water partition coefficient (Wildman–Crippen LogP) is 4.29. The van der Waals surface area contributed by atoms with Crippen molar-refractivity contribution in [3.63, 3.8) is 0 Å². The number of amides is 1. The number of likely N-dealkylation sites (tertiary alicyclic amines) is 1. The van der Waals surface area contributed by atoms with Crippen molar-refractivity contribution in [1.82, 2.24) is 4.90 Å². The number of aryl methyl sites for hydroxylation is 2. The zero-order valence-corrected chi connectivity index (χ0v) is 22.1. The van der Waals surface area contributed by atoms with Gasteiger partial charge >= 0.3 is 0 Å². The van der Waals surface area contributed by atoms with Crippen LogP contribution in [0.15, 0.2) is 36.4 Å². The van der Waals surface area contributed by atoms with Gasteiger partial charge in [-0.05, 0) is 73.4 Å². The van der Waals surface area contributed by atoms with Crippen LogP contribution in [0.2, 0.25) is 5.02 Å². The summed E-state index contributed by atoms with van der Waals surface area (Å²) in [6.45, 7) is 2.99. The minimum Gasteiger partial charge on any atom is -0.489 e. The molecule has 2 aromatic rings. The van der Waals surface area contributed by atoms with Gasteiger partial charge in [0, 0.05) is 29.1 Å². The summed E-state index contributed by atoms with van der Waals surface area (Å²) >= 11 is 6.42. The molecule has 3 aliphatic rings. The quantitative estimate of drug-likeness (QED) is 0.521. The van der Waals surface area contributed by atoms with Gasteiger partial charge in [-0.1, -0.05) is 36.7 Å². The number of carbonyl (C=O) groups excluding carboxylic acids is 2. The lowest BCUT2D eigenvalue weighted by atomic mass is 9.67. The van der Waals surface area contributed by atoms with Gasteiger partial charge in [0.05, 0.1) is 16.9 Å². The van der Waals surface area contributed by atoms with Crippen LogP contribution in [0, 0.1) is 5.92 Å². The van der Waals surface area contributed by atoms with Gasteiger partial charge in [0.25, 0.3) is 0 Å². The van der Waals surface area contributed by atoms with E-state index in [0.29, 0.717) is 43.9 Å². The summed E-state index contributed by atoms with van der Waals surface area (Å²) in [6, 6.07) is 11.6. The molecule has 2 atom stereocenters. The van der Waals surface area contributed by atoms with Crippen LogP contribution in [0.3, 0.4) is 0 Å². The molecule has 0 N–H and O–H groups in total. The normalized spacial score (nSPS) is 25.2. The van der Waals surface area contributed by atoms with Crippen LogP contribution in [0.25, 0.3) is 0 Å². The van der Waals surface area contributed by atoms with E-state index in [1.807, 2.05) is 35.2 Å². The summed E-state index contributed by atoms with van der Waals surface area (Å²) < 4.78 is 29.8. The van der Waals surface area contributed by atoms with Crippen LogP contribution in [-0.4, -0.2) is 49.6 Å². The highest BCUT2D eigenvalue weighted by atomic mass is 35.5. The second kappa shape index (κ2) is 9.82. The van der Waals surface area contributed by atoms with Crippen molar-refractivity contribution < 1.29 is 22.7 Å². The van der Waals surface area contributed by atoms with Crippen molar-refractivity contribution >= 4 is 33.6 Å². The molecular formula is C28H32ClNO5S. The fraction of sp³-hybridized carbons (Fsp3) is 0.500. The van der Waals surface area contributed by atoms with E-state index >= 15 is 0 Å². The Morgan fingerprint density at radius 2 is 1.97 bits per heavy atom. The number of ether oxygens (including phenoxy) is 1. The van der Waals surface area contributed by atoms with E-state index in [9.17, 15) is 18.0 Å². The Hall–Kier alpha value is -2.38. The number of halogens is 1. The summed E-state index contributed by atoms with van der Waals surface area (Å²) in [5, 5.41) is 0.696. The summed E-state index contributed by atoms with van der Waals surface area (Å²) in [5.41, 5.74) is 3.50. The summed E-state index contributed by atoms with van der Waals surface area (Å²) in [5.74, 6) is 0.615. The molecule has 0 spiro atoms. The number of rotatable bonds is 6. The van der Waals surface area contributed by atoms with Crippen LogP contribution >= 0.6 is 11.6 Å². The predicted molar refractivity (Wildman–Crippen MR) is 139 cm³/mol. The first-order valence-electron chi connectivity index (χ1n) is 12.8. The van der Waals surface area contributed by atoms with Crippen molar-refractivity contribution in [1.29, 1.82) is 0 Å². The average molecular weight is 530 g/mol. The highest BCUT2D eigenvalue weighted by Gasteiger charge is 2.53. The second-order valence-corrected chi connectivity index (χ2v) is 13.0. The standard InChI is InChI=1S/C28H32ClNO5S/c1-2-19-4-3-5-25(29)23(19)17-35-22-7-8-24-21(16-22)6-9-26-28(24,18-31)12-13-30(26)27(32)20-10-14-36(33,34)15-11-20/h3-5,7-8,16,18,20,26H,2,6,9-15,17H2,1H3/t26-,28-/m1/s1. The van der Waals surface area contributed by atoms with E-state index in [2.05, 4.69) is 13.0 Å². The third kappa shape index (κ3) is 4.45. The SMILES string of the molecule is CCc1cccc(Cl)c1COc1ccc2c(c1)CC[C@H]1N(C(=O)C3CCS(=O)(=O)CC3)CC[C@@]21C=O. The van der Waals surface area contributed by atoms with Crippen molar-refractivity contribution in [3.8, 4) is 5.75 Å². The minimum absolute atomic E-state index is 0.00787. The van der Waals surface area contributed by atoms with Crippen LogP contribution in [-0.2, 0) is 44.3 Å². The zero-order chi connectivity index (χ0) is 25.5. The first-order valence-corrected chi connectivity index (χ1v) is 15.0. The molecule has 0 bridgehead atoms. The van der Waals surface area contributed by atoms with Gasteiger partial charge in [-0.25, -0.2) is 8.42 Å². The molecular weight excluding hydrogens is 498 g/mol. The Labute approximate surface area is 217 Å². The van der Waals surface area contributed by atoms with Gasteiger partial charge in [-0.15, -0.1) is 0 Å². The van der Waals surface area contributed by atoms with E-state index in [-0.39, 0.29) is 29.4 Å². The molecule has 6 nitrogen and oxygen atoms in total. The lowest BCUT2D eigenvalue weighted by Gasteiger charge is -2.40. The third-order valence-corrected chi connectivity index (χ3v) is 10.4. The molecule has 0 saturated carbocycles. The van der Waals surface area contributed by atoms with Crippen molar-refractivity contribution in [2.45, 2.75) is 63.5 Å². The maximum Gasteiger partial charge on any atom is 0.226 e. The number of fused-ring (bicyclic) bond motifs is 3. The number of hydrogen-bond donors (Lipinski definition) is 0. The Morgan fingerprint density at radius 1 is 1.19 bits per heavy atom. The average Bonchev–Trinajstić information content (AvgIpc) is 3.27. The molecule has 36 heavy (non-hydrogen) atoms. The maximum absolute atomic E-state index is 13.4. The monoisotopic (exact) mass is 529 g/mol. The molecule has 5 rings (SSSR count). The fourth-order valence-corrected chi connectivity index (χ4v) is 8.07. The molecule has 0 aromatic heterocycles. The Kier molecular flexibility index (Phi) is 6.90. The summed E-state index contributed by atoms with van der Waals surface area (Å²) in [6.07, 6.45) is 4.70. The molecule has 1 aliphatic carbocycles. The molecule has 192 valence electrons. The van der Waals surface area contributed by atoms with Crippen molar-refractivity contribution in [3.05, 3.63) is 63.7 Å². The Morgan fingerprint density at radius 3 is 2.69 bits per heavy atom. The first-order chi connectivity index (χ1) is 17.3.